The monoisotopic (exact) mass is 249 g/mol. The van der Waals surface area contributed by atoms with Crippen LogP contribution in [0.4, 0.5) is 0 Å². The molecule has 2 N–H and O–H groups in total. The van der Waals surface area contributed by atoms with Crippen LogP contribution in [-0.2, 0) is 9.53 Å². The van der Waals surface area contributed by atoms with Crippen LogP contribution >= 0.6 is 11.8 Å². The van der Waals surface area contributed by atoms with Gasteiger partial charge in [-0.3, -0.25) is 4.79 Å². The number of aliphatic hydroxyl groups excluding tert-OH is 1. The van der Waals surface area contributed by atoms with Crippen LogP contribution in [0.1, 0.15) is 20.3 Å². The van der Waals surface area contributed by atoms with Gasteiger partial charge < -0.3 is 15.2 Å². The van der Waals surface area contributed by atoms with E-state index in [2.05, 4.69) is 12.2 Å². The fourth-order valence-electron chi connectivity index (χ4n) is 1.11. The van der Waals surface area contributed by atoms with E-state index in [-0.39, 0.29) is 24.5 Å². The summed E-state index contributed by atoms with van der Waals surface area (Å²) in [6, 6.07) is -0.235. The molecule has 16 heavy (non-hydrogen) atoms. The molecule has 0 heterocycles. The number of hydrogen-bond acceptors (Lipinski definition) is 5. The molecule has 0 aliphatic rings. The zero-order chi connectivity index (χ0) is 12.4. The van der Waals surface area contributed by atoms with E-state index in [1.165, 1.54) is 7.11 Å². The number of aliphatic hydroxyl groups is 1. The smallest absolute Gasteiger partial charge is 0.323 e. The molecule has 0 aliphatic carbocycles. The fourth-order valence-corrected chi connectivity index (χ4v) is 2.24. The Labute approximate surface area is 102 Å². The molecule has 2 unspecified atom stereocenters. The van der Waals surface area contributed by atoms with Gasteiger partial charge >= 0.3 is 5.97 Å². The SMILES string of the molecule is CCCNC(CSCC(C)CO)C(=O)OC. The van der Waals surface area contributed by atoms with Crippen LogP contribution in [0, 0.1) is 5.92 Å². The third kappa shape index (κ3) is 7.09. The van der Waals surface area contributed by atoms with Gasteiger partial charge in [0.1, 0.15) is 6.04 Å². The van der Waals surface area contributed by atoms with Crippen LogP contribution in [0.25, 0.3) is 0 Å². The summed E-state index contributed by atoms with van der Waals surface area (Å²) in [6.45, 7) is 5.05. The Morgan fingerprint density at radius 3 is 2.69 bits per heavy atom. The average molecular weight is 249 g/mol. The number of carbonyl (C=O) groups excluding carboxylic acids is 1. The van der Waals surface area contributed by atoms with Gasteiger partial charge in [0.25, 0.3) is 0 Å². The minimum absolute atomic E-state index is 0.193. The fraction of sp³-hybridized carbons (Fsp3) is 0.909. The number of esters is 1. The van der Waals surface area contributed by atoms with Crippen molar-refractivity contribution in [3.05, 3.63) is 0 Å². The third-order valence-corrected chi connectivity index (χ3v) is 3.50. The molecule has 0 amide bonds. The van der Waals surface area contributed by atoms with Gasteiger partial charge in [-0.2, -0.15) is 11.8 Å². The van der Waals surface area contributed by atoms with E-state index in [0.717, 1.165) is 18.7 Å². The highest BCUT2D eigenvalue weighted by atomic mass is 32.2. The Bertz CT molecular complexity index is 190. The largest absolute Gasteiger partial charge is 0.468 e. The van der Waals surface area contributed by atoms with Crippen molar-refractivity contribution in [2.75, 3.05) is 31.8 Å². The first-order chi connectivity index (χ1) is 7.65. The van der Waals surface area contributed by atoms with Gasteiger partial charge in [-0.05, 0) is 24.6 Å². The molecule has 0 rings (SSSR count). The van der Waals surface area contributed by atoms with Crippen molar-refractivity contribution in [2.45, 2.75) is 26.3 Å². The number of nitrogens with one attached hydrogen (secondary N) is 1. The number of rotatable bonds is 9. The lowest BCUT2D eigenvalue weighted by molar-refractivity contribution is -0.142. The van der Waals surface area contributed by atoms with Crippen LogP contribution in [0.2, 0.25) is 0 Å². The van der Waals surface area contributed by atoms with E-state index in [4.69, 9.17) is 9.84 Å². The van der Waals surface area contributed by atoms with Crippen molar-refractivity contribution in [3.8, 4) is 0 Å². The van der Waals surface area contributed by atoms with Crippen molar-refractivity contribution in [1.82, 2.24) is 5.32 Å². The lowest BCUT2D eigenvalue weighted by Crippen LogP contribution is -2.40. The van der Waals surface area contributed by atoms with Gasteiger partial charge in [-0.1, -0.05) is 13.8 Å². The predicted molar refractivity (Wildman–Crippen MR) is 67.7 cm³/mol. The maximum Gasteiger partial charge on any atom is 0.323 e. The maximum absolute atomic E-state index is 11.4. The molecule has 5 heteroatoms. The Kier molecular flexibility index (Phi) is 9.77. The number of hydrogen-bond donors (Lipinski definition) is 2. The second-order valence-electron chi connectivity index (χ2n) is 3.86. The molecule has 0 aliphatic heterocycles. The molecule has 4 nitrogen and oxygen atoms in total. The van der Waals surface area contributed by atoms with Crippen LogP contribution in [0.3, 0.4) is 0 Å². The van der Waals surface area contributed by atoms with Crippen molar-refractivity contribution in [1.29, 1.82) is 0 Å². The summed E-state index contributed by atoms with van der Waals surface area (Å²) in [5, 5.41) is 12.0. The molecule has 0 aromatic carbocycles. The summed E-state index contributed by atoms with van der Waals surface area (Å²) in [4.78, 5) is 11.4. The summed E-state index contributed by atoms with van der Waals surface area (Å²) in [5.41, 5.74) is 0. The summed E-state index contributed by atoms with van der Waals surface area (Å²) < 4.78 is 4.73. The first kappa shape index (κ1) is 15.7. The standard InChI is InChI=1S/C11H23NO3S/c1-4-5-12-10(11(14)15-3)8-16-7-9(2)6-13/h9-10,12-13H,4-8H2,1-3H3. The van der Waals surface area contributed by atoms with Gasteiger partial charge in [0.15, 0.2) is 0 Å². The van der Waals surface area contributed by atoms with Crippen LogP contribution in [-0.4, -0.2) is 48.9 Å². The van der Waals surface area contributed by atoms with Gasteiger partial charge in [0.05, 0.1) is 7.11 Å². The van der Waals surface area contributed by atoms with Crippen LogP contribution in [0.5, 0.6) is 0 Å². The van der Waals surface area contributed by atoms with Gasteiger partial charge in [-0.15, -0.1) is 0 Å². The van der Waals surface area contributed by atoms with E-state index in [1.807, 2.05) is 6.92 Å². The van der Waals surface area contributed by atoms with Crippen LogP contribution < -0.4 is 5.32 Å². The first-order valence-electron chi connectivity index (χ1n) is 5.65. The topological polar surface area (TPSA) is 58.6 Å². The molecule has 96 valence electrons. The van der Waals surface area contributed by atoms with E-state index in [0.29, 0.717) is 5.75 Å². The maximum atomic E-state index is 11.4. The molecule has 0 saturated carbocycles. The van der Waals surface area contributed by atoms with Crippen molar-refractivity contribution in [2.24, 2.45) is 5.92 Å². The molecule has 0 fully saturated rings. The minimum atomic E-state index is -0.235. The highest BCUT2D eigenvalue weighted by molar-refractivity contribution is 7.99. The Morgan fingerprint density at radius 2 is 2.19 bits per heavy atom. The van der Waals surface area contributed by atoms with Crippen molar-refractivity contribution >= 4 is 17.7 Å². The number of thioether (sulfide) groups is 1. The normalized spacial score (nSPS) is 14.5. The molecule has 0 saturated heterocycles. The molecule has 0 aromatic rings. The second kappa shape index (κ2) is 9.93. The molecule has 0 bridgehead atoms. The highest BCUT2D eigenvalue weighted by Crippen LogP contribution is 2.10. The third-order valence-electron chi connectivity index (χ3n) is 2.12. The quantitative estimate of drug-likeness (QED) is 0.594. The van der Waals surface area contributed by atoms with Crippen molar-refractivity contribution < 1.29 is 14.6 Å². The molecule has 2 atom stereocenters. The number of methoxy groups -OCH3 is 1. The minimum Gasteiger partial charge on any atom is -0.468 e. The van der Waals surface area contributed by atoms with Gasteiger partial charge in [0, 0.05) is 12.4 Å². The number of ether oxygens (including phenoxy) is 1. The second-order valence-corrected chi connectivity index (χ2v) is 4.93. The summed E-state index contributed by atoms with van der Waals surface area (Å²) in [7, 11) is 1.41. The van der Waals surface area contributed by atoms with E-state index in [1.54, 1.807) is 11.8 Å². The molecule has 0 aromatic heterocycles. The Hall–Kier alpha value is -0.260. The van der Waals surface area contributed by atoms with Gasteiger partial charge in [0.2, 0.25) is 0 Å². The zero-order valence-electron chi connectivity index (χ0n) is 10.4. The lowest BCUT2D eigenvalue weighted by Gasteiger charge is -2.16. The average Bonchev–Trinajstić information content (AvgIpc) is 2.32. The summed E-state index contributed by atoms with van der Waals surface area (Å²) in [5.74, 6) is 1.61. The zero-order valence-corrected chi connectivity index (χ0v) is 11.2. The Morgan fingerprint density at radius 1 is 1.50 bits per heavy atom. The van der Waals surface area contributed by atoms with Crippen LogP contribution in [0.15, 0.2) is 0 Å². The van der Waals surface area contributed by atoms with E-state index < -0.39 is 0 Å². The number of carbonyl (C=O) groups is 1. The molecular weight excluding hydrogens is 226 g/mol. The lowest BCUT2D eigenvalue weighted by atomic mass is 10.2. The predicted octanol–water partition coefficient (Wildman–Crippen LogP) is 0.889. The van der Waals surface area contributed by atoms with Crippen molar-refractivity contribution in [3.63, 3.8) is 0 Å². The molecule has 0 spiro atoms. The summed E-state index contributed by atoms with van der Waals surface area (Å²) >= 11 is 1.66. The highest BCUT2D eigenvalue weighted by Gasteiger charge is 2.18. The molecule has 0 radical (unpaired) electrons. The first-order valence-corrected chi connectivity index (χ1v) is 6.80. The van der Waals surface area contributed by atoms with Gasteiger partial charge in [-0.25, -0.2) is 0 Å². The Balaban J connectivity index is 3.86. The van der Waals surface area contributed by atoms with E-state index >= 15 is 0 Å². The van der Waals surface area contributed by atoms with E-state index in [9.17, 15) is 4.79 Å². The molecular formula is C11H23NO3S. The summed E-state index contributed by atoms with van der Waals surface area (Å²) in [6.07, 6.45) is 0.991.